The molecule has 146 valence electrons. The summed E-state index contributed by atoms with van der Waals surface area (Å²) in [5, 5.41) is 5.54. The molecule has 4 N–H and O–H groups in total. The van der Waals surface area contributed by atoms with Gasteiger partial charge in [0.1, 0.15) is 11.9 Å². The zero-order valence-electron chi connectivity index (χ0n) is 15.1. The molecule has 0 spiro atoms. The van der Waals surface area contributed by atoms with Gasteiger partial charge in [-0.15, -0.1) is 12.4 Å². The molecule has 2 atom stereocenters. The fraction of sp³-hybridized carbons (Fsp3) is 0.263. The Bertz CT molecular complexity index is 754. The third-order valence-electron chi connectivity index (χ3n) is 3.82. The maximum Gasteiger partial charge on any atom is 0.255 e. The van der Waals surface area contributed by atoms with E-state index in [2.05, 4.69) is 10.6 Å². The Balaban J connectivity index is 0.00000364. The summed E-state index contributed by atoms with van der Waals surface area (Å²) < 4.78 is 17.8. The van der Waals surface area contributed by atoms with E-state index in [1.807, 2.05) is 6.92 Å². The number of nitrogens with one attached hydrogen (secondary N) is 2. The largest absolute Gasteiger partial charge is 0.383 e. The molecular weight excluding hydrogens is 373 g/mol. The van der Waals surface area contributed by atoms with Gasteiger partial charge in [0, 0.05) is 18.4 Å². The molecular formula is C19H23ClFN3O3. The second kappa shape index (κ2) is 10.6. The Morgan fingerprint density at radius 2 is 1.70 bits per heavy atom. The van der Waals surface area contributed by atoms with Crippen molar-refractivity contribution < 1.29 is 18.7 Å². The molecule has 0 radical (unpaired) electrons. The molecule has 0 saturated carbocycles. The SMILES string of the molecule is COCC(N)C(=O)NC(C)c1ccc(NC(=O)c2ccc(F)cc2)cc1.Cl. The number of ether oxygens (including phenoxy) is 1. The molecule has 27 heavy (non-hydrogen) atoms. The number of halogens is 2. The molecule has 0 aliphatic rings. The molecule has 8 heteroatoms. The maximum absolute atomic E-state index is 12.9. The van der Waals surface area contributed by atoms with Crippen LogP contribution in [0.5, 0.6) is 0 Å². The van der Waals surface area contributed by atoms with Gasteiger partial charge in [-0.2, -0.15) is 0 Å². The summed E-state index contributed by atoms with van der Waals surface area (Å²) >= 11 is 0. The van der Waals surface area contributed by atoms with E-state index < -0.39 is 11.9 Å². The number of nitrogens with two attached hydrogens (primary N) is 1. The van der Waals surface area contributed by atoms with E-state index in [1.54, 1.807) is 24.3 Å². The number of rotatable bonds is 7. The monoisotopic (exact) mass is 395 g/mol. The molecule has 2 unspecified atom stereocenters. The third kappa shape index (κ3) is 6.63. The van der Waals surface area contributed by atoms with E-state index in [0.717, 1.165) is 5.56 Å². The van der Waals surface area contributed by atoms with Gasteiger partial charge in [-0.05, 0) is 48.9 Å². The first-order valence-corrected chi connectivity index (χ1v) is 8.12. The molecule has 0 heterocycles. The van der Waals surface area contributed by atoms with Crippen molar-refractivity contribution >= 4 is 29.9 Å². The van der Waals surface area contributed by atoms with Gasteiger partial charge in [0.2, 0.25) is 5.91 Å². The normalized spacial score (nSPS) is 12.4. The summed E-state index contributed by atoms with van der Waals surface area (Å²) in [5.41, 5.74) is 7.51. The van der Waals surface area contributed by atoms with Crippen molar-refractivity contribution in [2.24, 2.45) is 5.73 Å². The number of carbonyl (C=O) groups excluding carboxylic acids is 2. The Kier molecular flexibility index (Phi) is 8.87. The molecule has 2 aromatic carbocycles. The summed E-state index contributed by atoms with van der Waals surface area (Å²) in [5.74, 6) is -1.02. The van der Waals surface area contributed by atoms with Crippen molar-refractivity contribution in [1.82, 2.24) is 5.32 Å². The zero-order chi connectivity index (χ0) is 19.1. The zero-order valence-corrected chi connectivity index (χ0v) is 15.9. The van der Waals surface area contributed by atoms with Gasteiger partial charge < -0.3 is 21.1 Å². The molecule has 0 aliphatic heterocycles. The Labute approximate surface area is 163 Å². The highest BCUT2D eigenvalue weighted by molar-refractivity contribution is 6.04. The van der Waals surface area contributed by atoms with Gasteiger partial charge in [-0.25, -0.2) is 4.39 Å². The van der Waals surface area contributed by atoms with Crippen molar-refractivity contribution in [3.63, 3.8) is 0 Å². The molecule has 2 aromatic rings. The van der Waals surface area contributed by atoms with E-state index in [4.69, 9.17) is 10.5 Å². The predicted molar refractivity (Wildman–Crippen MR) is 104 cm³/mol. The molecule has 2 amide bonds. The maximum atomic E-state index is 12.9. The standard InChI is InChI=1S/C19H22FN3O3.ClH/c1-12(22-19(25)17(21)11-26-2)13-5-9-16(10-6-13)23-18(24)14-3-7-15(20)8-4-14;/h3-10,12,17H,11,21H2,1-2H3,(H,22,25)(H,23,24);1H. The van der Waals surface area contributed by atoms with Crippen LogP contribution in [-0.2, 0) is 9.53 Å². The lowest BCUT2D eigenvalue weighted by atomic mass is 10.1. The average Bonchev–Trinajstić information content (AvgIpc) is 2.63. The summed E-state index contributed by atoms with van der Waals surface area (Å²) in [7, 11) is 1.48. The summed E-state index contributed by atoms with van der Waals surface area (Å²) in [4.78, 5) is 24.0. The van der Waals surface area contributed by atoms with Crippen LogP contribution >= 0.6 is 12.4 Å². The van der Waals surface area contributed by atoms with Crippen LogP contribution in [0.25, 0.3) is 0 Å². The summed E-state index contributed by atoms with van der Waals surface area (Å²) in [6.45, 7) is 1.98. The van der Waals surface area contributed by atoms with E-state index in [0.29, 0.717) is 11.3 Å². The predicted octanol–water partition coefficient (Wildman–Crippen LogP) is 2.65. The highest BCUT2D eigenvalue weighted by Gasteiger charge is 2.16. The van der Waals surface area contributed by atoms with Crippen LogP contribution in [-0.4, -0.2) is 31.6 Å². The number of hydrogen-bond donors (Lipinski definition) is 3. The van der Waals surface area contributed by atoms with Crippen molar-refractivity contribution in [3.8, 4) is 0 Å². The fourth-order valence-electron chi connectivity index (χ4n) is 2.32. The molecule has 0 aromatic heterocycles. The number of amides is 2. The van der Waals surface area contributed by atoms with Crippen LogP contribution in [0.4, 0.5) is 10.1 Å². The first-order valence-electron chi connectivity index (χ1n) is 8.12. The number of methoxy groups -OCH3 is 1. The summed E-state index contributed by atoms with van der Waals surface area (Å²) in [6.07, 6.45) is 0. The van der Waals surface area contributed by atoms with Crippen LogP contribution in [0.15, 0.2) is 48.5 Å². The smallest absolute Gasteiger partial charge is 0.255 e. The Morgan fingerprint density at radius 3 is 2.26 bits per heavy atom. The van der Waals surface area contributed by atoms with E-state index in [9.17, 15) is 14.0 Å². The Morgan fingerprint density at radius 1 is 1.11 bits per heavy atom. The molecule has 0 fully saturated rings. The van der Waals surface area contributed by atoms with Crippen LogP contribution < -0.4 is 16.4 Å². The highest BCUT2D eigenvalue weighted by Crippen LogP contribution is 2.17. The minimum Gasteiger partial charge on any atom is -0.383 e. The van der Waals surface area contributed by atoms with Gasteiger partial charge in [0.15, 0.2) is 0 Å². The lowest BCUT2D eigenvalue weighted by molar-refractivity contribution is -0.124. The number of carbonyl (C=O) groups is 2. The van der Waals surface area contributed by atoms with Gasteiger partial charge >= 0.3 is 0 Å². The van der Waals surface area contributed by atoms with Crippen molar-refractivity contribution in [2.45, 2.75) is 19.0 Å². The average molecular weight is 396 g/mol. The van der Waals surface area contributed by atoms with E-state index in [1.165, 1.54) is 31.4 Å². The first-order chi connectivity index (χ1) is 12.4. The molecule has 0 bridgehead atoms. The molecule has 0 aliphatic carbocycles. The third-order valence-corrected chi connectivity index (χ3v) is 3.82. The number of hydrogen-bond acceptors (Lipinski definition) is 4. The number of benzene rings is 2. The Hall–Kier alpha value is -2.48. The first kappa shape index (κ1) is 22.6. The highest BCUT2D eigenvalue weighted by atomic mass is 35.5. The molecule has 6 nitrogen and oxygen atoms in total. The van der Waals surface area contributed by atoms with E-state index in [-0.39, 0.29) is 36.9 Å². The summed E-state index contributed by atoms with van der Waals surface area (Å²) in [6, 6.07) is 11.4. The van der Waals surface area contributed by atoms with Crippen LogP contribution in [0.3, 0.4) is 0 Å². The van der Waals surface area contributed by atoms with Crippen molar-refractivity contribution in [1.29, 1.82) is 0 Å². The van der Waals surface area contributed by atoms with Crippen LogP contribution in [0.2, 0.25) is 0 Å². The van der Waals surface area contributed by atoms with E-state index >= 15 is 0 Å². The topological polar surface area (TPSA) is 93.4 Å². The second-order valence-corrected chi connectivity index (χ2v) is 5.88. The van der Waals surface area contributed by atoms with Crippen LogP contribution in [0.1, 0.15) is 28.9 Å². The van der Waals surface area contributed by atoms with Crippen molar-refractivity contribution in [3.05, 3.63) is 65.5 Å². The van der Waals surface area contributed by atoms with Gasteiger partial charge in [-0.3, -0.25) is 9.59 Å². The van der Waals surface area contributed by atoms with Crippen molar-refractivity contribution in [2.75, 3.05) is 19.0 Å². The minimum atomic E-state index is -0.725. The van der Waals surface area contributed by atoms with Gasteiger partial charge in [0.05, 0.1) is 12.6 Å². The lowest BCUT2D eigenvalue weighted by Crippen LogP contribution is -2.44. The number of anilines is 1. The lowest BCUT2D eigenvalue weighted by Gasteiger charge is -2.18. The second-order valence-electron chi connectivity index (χ2n) is 5.88. The van der Waals surface area contributed by atoms with Crippen LogP contribution in [0, 0.1) is 5.82 Å². The molecule has 0 saturated heterocycles. The fourth-order valence-corrected chi connectivity index (χ4v) is 2.32. The quantitative estimate of drug-likeness (QED) is 0.671. The molecule has 2 rings (SSSR count). The van der Waals surface area contributed by atoms with Gasteiger partial charge in [-0.1, -0.05) is 12.1 Å². The minimum absolute atomic E-state index is 0. The van der Waals surface area contributed by atoms with Gasteiger partial charge in [0.25, 0.3) is 5.91 Å².